The van der Waals surface area contributed by atoms with E-state index in [-0.39, 0.29) is 4.87 Å². The van der Waals surface area contributed by atoms with E-state index >= 15 is 0 Å². The number of nitrogens with one attached hydrogen (secondary N) is 2. The van der Waals surface area contributed by atoms with Crippen molar-refractivity contribution in [1.29, 1.82) is 0 Å². The van der Waals surface area contributed by atoms with Crippen molar-refractivity contribution in [2.75, 3.05) is 12.4 Å². The highest BCUT2D eigenvalue weighted by Crippen LogP contribution is 2.32. The summed E-state index contributed by atoms with van der Waals surface area (Å²) >= 11 is 1.17. The van der Waals surface area contributed by atoms with E-state index in [9.17, 15) is 4.79 Å². The molecule has 35 heavy (non-hydrogen) atoms. The Morgan fingerprint density at radius 3 is 2.69 bits per heavy atom. The molecule has 6 rings (SSSR count). The Bertz CT molecular complexity index is 1750. The van der Waals surface area contributed by atoms with Crippen molar-refractivity contribution in [3.05, 3.63) is 89.1 Å². The summed E-state index contributed by atoms with van der Waals surface area (Å²) in [4.78, 5) is 32.6. The average Bonchev–Trinajstić information content (AvgIpc) is 3.28. The van der Waals surface area contributed by atoms with Crippen molar-refractivity contribution in [2.24, 2.45) is 0 Å². The van der Waals surface area contributed by atoms with Crippen LogP contribution >= 0.6 is 11.3 Å². The van der Waals surface area contributed by atoms with Crippen molar-refractivity contribution in [2.45, 2.75) is 0 Å². The molecule has 0 saturated heterocycles. The second-order valence-electron chi connectivity index (χ2n) is 7.83. The lowest BCUT2D eigenvalue weighted by molar-refractivity contribution is 0.413. The molecular formula is C26H18N6O2S. The molecule has 0 aliphatic carbocycles. The Balaban J connectivity index is 1.51. The highest BCUT2D eigenvalue weighted by Gasteiger charge is 2.13. The molecule has 0 fully saturated rings. The number of anilines is 2. The van der Waals surface area contributed by atoms with Gasteiger partial charge in [-0.2, -0.15) is 0 Å². The lowest BCUT2D eigenvalue weighted by atomic mass is 10.0. The number of H-pyrrole nitrogens is 1. The molecule has 0 aliphatic heterocycles. The minimum atomic E-state index is -0.0833. The molecule has 4 heterocycles. The quantitative estimate of drug-likeness (QED) is 0.341. The first-order chi connectivity index (χ1) is 17.2. The van der Waals surface area contributed by atoms with Gasteiger partial charge in [0.2, 0.25) is 0 Å². The van der Waals surface area contributed by atoms with Gasteiger partial charge in [0.1, 0.15) is 11.6 Å². The van der Waals surface area contributed by atoms with E-state index in [0.717, 1.165) is 43.5 Å². The molecule has 6 aromatic rings. The summed E-state index contributed by atoms with van der Waals surface area (Å²) in [7, 11) is 1.62. The Morgan fingerprint density at radius 1 is 0.914 bits per heavy atom. The van der Waals surface area contributed by atoms with E-state index in [1.807, 2.05) is 54.6 Å². The number of hydrogen-bond donors (Lipinski definition) is 2. The molecule has 0 aliphatic rings. The third-order valence-corrected chi connectivity index (χ3v) is 6.43. The molecule has 0 saturated carbocycles. The molecule has 170 valence electrons. The van der Waals surface area contributed by atoms with Gasteiger partial charge in [-0.1, -0.05) is 17.4 Å². The Morgan fingerprint density at radius 2 is 1.83 bits per heavy atom. The van der Waals surface area contributed by atoms with Gasteiger partial charge in [-0.3, -0.25) is 14.8 Å². The van der Waals surface area contributed by atoms with Crippen LogP contribution in [0.1, 0.15) is 0 Å². The zero-order valence-electron chi connectivity index (χ0n) is 18.5. The summed E-state index contributed by atoms with van der Waals surface area (Å²) in [5, 5.41) is 4.29. The summed E-state index contributed by atoms with van der Waals surface area (Å²) in [6, 6.07) is 17.5. The van der Waals surface area contributed by atoms with Crippen molar-refractivity contribution in [1.82, 2.24) is 24.9 Å². The fourth-order valence-electron chi connectivity index (χ4n) is 3.88. The van der Waals surface area contributed by atoms with Gasteiger partial charge in [-0.25, -0.2) is 9.97 Å². The zero-order valence-corrected chi connectivity index (χ0v) is 19.3. The molecule has 9 heteroatoms. The Hall–Kier alpha value is -4.63. The van der Waals surface area contributed by atoms with Gasteiger partial charge in [-0.15, -0.1) is 0 Å². The lowest BCUT2D eigenvalue weighted by Gasteiger charge is -2.13. The SMILES string of the molecule is COc1cncc(-c2ccc3nc(-c4cccnc4)nc(Nc4ccc5[nH]c(=O)sc5c4)c3c2)c1. The number of fused-ring (bicyclic) bond motifs is 2. The molecule has 0 radical (unpaired) electrons. The van der Waals surface area contributed by atoms with E-state index in [1.165, 1.54) is 11.3 Å². The zero-order chi connectivity index (χ0) is 23.8. The highest BCUT2D eigenvalue weighted by atomic mass is 32.1. The smallest absolute Gasteiger partial charge is 0.305 e. The molecule has 2 aromatic carbocycles. The molecule has 0 atom stereocenters. The summed E-state index contributed by atoms with van der Waals surface area (Å²) in [6.07, 6.45) is 6.93. The number of ether oxygens (including phenoxy) is 1. The monoisotopic (exact) mass is 478 g/mol. The van der Waals surface area contributed by atoms with Crippen LogP contribution < -0.4 is 14.9 Å². The van der Waals surface area contributed by atoms with E-state index in [1.54, 1.807) is 31.9 Å². The number of nitrogens with zero attached hydrogens (tertiary/aromatic N) is 4. The predicted octanol–water partition coefficient (Wildman–Crippen LogP) is 5.41. The third-order valence-electron chi connectivity index (χ3n) is 5.58. The van der Waals surface area contributed by atoms with Crippen molar-refractivity contribution < 1.29 is 4.74 Å². The first-order valence-electron chi connectivity index (χ1n) is 10.8. The van der Waals surface area contributed by atoms with Crippen LogP contribution in [0.2, 0.25) is 0 Å². The number of pyridine rings is 2. The predicted molar refractivity (Wildman–Crippen MR) is 138 cm³/mol. The van der Waals surface area contributed by atoms with E-state index in [4.69, 9.17) is 14.7 Å². The first kappa shape index (κ1) is 20.9. The number of rotatable bonds is 5. The summed E-state index contributed by atoms with van der Waals surface area (Å²) in [5.41, 5.74) is 5.11. The van der Waals surface area contributed by atoms with Crippen LogP contribution in [0.5, 0.6) is 5.75 Å². The fourth-order valence-corrected chi connectivity index (χ4v) is 4.65. The number of hydrogen-bond acceptors (Lipinski definition) is 8. The highest BCUT2D eigenvalue weighted by molar-refractivity contribution is 7.16. The van der Waals surface area contributed by atoms with Gasteiger partial charge in [0.25, 0.3) is 0 Å². The maximum absolute atomic E-state index is 11.8. The van der Waals surface area contributed by atoms with E-state index < -0.39 is 0 Å². The molecule has 0 bridgehead atoms. The normalized spacial score (nSPS) is 11.1. The van der Waals surface area contributed by atoms with Gasteiger partial charge in [0, 0.05) is 40.8 Å². The maximum atomic E-state index is 11.8. The largest absolute Gasteiger partial charge is 0.495 e. The molecular weight excluding hydrogens is 460 g/mol. The van der Waals surface area contributed by atoms with Gasteiger partial charge in [-0.05, 0) is 54.1 Å². The first-order valence-corrected chi connectivity index (χ1v) is 11.6. The summed E-state index contributed by atoms with van der Waals surface area (Å²) in [6.45, 7) is 0. The number of benzene rings is 2. The summed E-state index contributed by atoms with van der Waals surface area (Å²) in [5.74, 6) is 1.90. The average molecular weight is 479 g/mol. The number of aromatic amines is 1. The minimum absolute atomic E-state index is 0.0833. The van der Waals surface area contributed by atoms with Crippen LogP contribution in [0.4, 0.5) is 11.5 Å². The molecule has 4 aromatic heterocycles. The Kier molecular flexibility index (Phi) is 5.16. The van der Waals surface area contributed by atoms with Crippen molar-refractivity contribution in [3.8, 4) is 28.3 Å². The molecule has 8 nitrogen and oxygen atoms in total. The van der Waals surface area contributed by atoms with Crippen LogP contribution in [-0.4, -0.2) is 32.0 Å². The minimum Gasteiger partial charge on any atom is -0.495 e. The van der Waals surface area contributed by atoms with Crippen LogP contribution in [0, 0.1) is 0 Å². The second-order valence-corrected chi connectivity index (χ2v) is 8.85. The van der Waals surface area contributed by atoms with Crippen molar-refractivity contribution in [3.63, 3.8) is 0 Å². The van der Waals surface area contributed by atoms with Gasteiger partial charge in [0.15, 0.2) is 5.82 Å². The van der Waals surface area contributed by atoms with Crippen molar-refractivity contribution >= 4 is 44.0 Å². The Labute approximate surface area is 203 Å². The second kappa shape index (κ2) is 8.62. The molecule has 0 unspecified atom stereocenters. The standard InChI is InChI=1S/C26H18N6O2S/c1-34-19-9-17(13-28-14-19)15-4-6-21-20(10-15)25(32-24(30-21)16-3-2-8-27-12-16)29-18-5-7-22-23(11-18)35-26(33)31-22/h2-14H,1H3,(H,31,33)(H,29,30,32). The maximum Gasteiger partial charge on any atom is 0.305 e. The topological polar surface area (TPSA) is 106 Å². The fraction of sp³-hybridized carbons (Fsp3) is 0.0385. The molecule has 0 spiro atoms. The van der Waals surface area contributed by atoms with Crippen LogP contribution in [0.3, 0.4) is 0 Å². The van der Waals surface area contributed by atoms with Crippen LogP contribution in [0.25, 0.3) is 43.6 Å². The van der Waals surface area contributed by atoms with Crippen LogP contribution in [0.15, 0.2) is 84.2 Å². The third kappa shape index (κ3) is 4.09. The van der Waals surface area contributed by atoms with E-state index in [2.05, 4.69) is 20.3 Å². The van der Waals surface area contributed by atoms with Gasteiger partial charge >= 0.3 is 4.87 Å². The van der Waals surface area contributed by atoms with Gasteiger partial charge in [0.05, 0.1) is 29.0 Å². The van der Waals surface area contributed by atoms with Crippen LogP contribution in [-0.2, 0) is 0 Å². The number of thiazole rings is 1. The van der Waals surface area contributed by atoms with Gasteiger partial charge < -0.3 is 15.0 Å². The molecule has 0 amide bonds. The number of aromatic nitrogens is 5. The lowest BCUT2D eigenvalue weighted by Crippen LogP contribution is -2.00. The van der Waals surface area contributed by atoms with E-state index in [0.29, 0.717) is 17.4 Å². The molecule has 2 N–H and O–H groups in total. The number of methoxy groups -OCH3 is 1. The summed E-state index contributed by atoms with van der Waals surface area (Å²) < 4.78 is 6.21.